The van der Waals surface area contributed by atoms with Crippen LogP contribution in [0.2, 0.25) is 0 Å². The van der Waals surface area contributed by atoms with Gasteiger partial charge in [0.1, 0.15) is 11.6 Å². The van der Waals surface area contributed by atoms with Gasteiger partial charge in [-0.15, -0.1) is 0 Å². The van der Waals surface area contributed by atoms with E-state index in [-0.39, 0.29) is 24.1 Å². The molecule has 0 aliphatic carbocycles. The van der Waals surface area contributed by atoms with E-state index in [0.29, 0.717) is 18.1 Å². The van der Waals surface area contributed by atoms with Crippen LogP contribution in [0.25, 0.3) is 0 Å². The van der Waals surface area contributed by atoms with Gasteiger partial charge in [-0.25, -0.2) is 4.98 Å². The Morgan fingerprint density at radius 1 is 1.56 bits per heavy atom. The number of aromatic amines is 1. The van der Waals surface area contributed by atoms with E-state index in [1.165, 1.54) is 6.07 Å². The highest BCUT2D eigenvalue weighted by atomic mass is 16.3. The summed E-state index contributed by atoms with van der Waals surface area (Å²) in [7, 11) is 0. The predicted octanol–water partition coefficient (Wildman–Crippen LogP) is 0.761. The van der Waals surface area contributed by atoms with Crippen molar-refractivity contribution < 1.29 is 5.11 Å². The van der Waals surface area contributed by atoms with Crippen molar-refractivity contribution in [2.45, 2.75) is 33.2 Å². The molecule has 0 amide bonds. The molecule has 5 heteroatoms. The molecule has 0 aliphatic rings. The van der Waals surface area contributed by atoms with E-state index in [1.54, 1.807) is 0 Å². The number of H-pyrrole nitrogens is 1. The molecule has 0 fully saturated rings. The summed E-state index contributed by atoms with van der Waals surface area (Å²) < 4.78 is 0. The number of nitrogens with zero attached hydrogens (tertiary/aromatic N) is 1. The van der Waals surface area contributed by atoms with Crippen LogP contribution in [-0.4, -0.2) is 27.7 Å². The first-order chi connectivity index (χ1) is 7.56. The van der Waals surface area contributed by atoms with E-state index in [9.17, 15) is 9.90 Å². The van der Waals surface area contributed by atoms with Gasteiger partial charge in [0.25, 0.3) is 5.56 Å². The predicted molar refractivity (Wildman–Crippen MR) is 63.6 cm³/mol. The molecule has 1 rings (SSSR count). The standard InChI is InChI=1S/C11H19N3O2/c1-4-9-13-10(5-11(16)14-9)12-8(6-15)7(2)3/h5,7-8,15H,4,6H2,1-3H3,(H2,12,13,14,16). The molecule has 0 spiro atoms. The minimum Gasteiger partial charge on any atom is -0.394 e. The van der Waals surface area contributed by atoms with Crippen LogP contribution in [0.4, 0.5) is 5.82 Å². The lowest BCUT2D eigenvalue weighted by atomic mass is 10.1. The molecule has 1 aromatic rings. The summed E-state index contributed by atoms with van der Waals surface area (Å²) in [6.45, 7) is 5.95. The molecule has 0 aromatic carbocycles. The van der Waals surface area contributed by atoms with Crippen LogP contribution in [0.1, 0.15) is 26.6 Å². The van der Waals surface area contributed by atoms with Gasteiger partial charge < -0.3 is 15.4 Å². The molecule has 16 heavy (non-hydrogen) atoms. The van der Waals surface area contributed by atoms with E-state index < -0.39 is 0 Å². The zero-order valence-corrected chi connectivity index (χ0v) is 9.95. The Balaban J connectivity index is 2.87. The average Bonchev–Trinajstić information content (AvgIpc) is 2.24. The average molecular weight is 225 g/mol. The molecule has 1 atom stereocenters. The van der Waals surface area contributed by atoms with Gasteiger partial charge in [0.05, 0.1) is 12.6 Å². The summed E-state index contributed by atoms with van der Waals surface area (Å²) >= 11 is 0. The number of aliphatic hydroxyl groups excluding tert-OH is 1. The van der Waals surface area contributed by atoms with Gasteiger partial charge in [-0.3, -0.25) is 4.79 Å². The normalized spacial score (nSPS) is 12.8. The maximum atomic E-state index is 11.3. The number of aromatic nitrogens is 2. The van der Waals surface area contributed by atoms with Crippen LogP contribution in [0.3, 0.4) is 0 Å². The minimum atomic E-state index is -0.171. The van der Waals surface area contributed by atoms with Gasteiger partial charge in [-0.1, -0.05) is 20.8 Å². The maximum Gasteiger partial charge on any atom is 0.252 e. The number of nitrogens with one attached hydrogen (secondary N) is 2. The highest BCUT2D eigenvalue weighted by Gasteiger charge is 2.12. The Kier molecular flexibility index (Phi) is 4.49. The molecule has 0 saturated heterocycles. The summed E-state index contributed by atoms with van der Waals surface area (Å²) in [5.41, 5.74) is -0.171. The first-order valence-electron chi connectivity index (χ1n) is 5.54. The molecular weight excluding hydrogens is 206 g/mol. The molecule has 0 radical (unpaired) electrons. The van der Waals surface area contributed by atoms with Gasteiger partial charge in [0, 0.05) is 12.5 Å². The smallest absolute Gasteiger partial charge is 0.252 e. The third kappa shape index (κ3) is 3.34. The lowest BCUT2D eigenvalue weighted by Crippen LogP contribution is -2.30. The molecule has 0 aliphatic heterocycles. The number of aryl methyl sites for hydroxylation is 1. The second-order valence-electron chi connectivity index (χ2n) is 4.11. The van der Waals surface area contributed by atoms with Gasteiger partial charge >= 0.3 is 0 Å². The second kappa shape index (κ2) is 5.65. The van der Waals surface area contributed by atoms with Crippen LogP contribution in [-0.2, 0) is 6.42 Å². The van der Waals surface area contributed by atoms with E-state index in [4.69, 9.17) is 0 Å². The van der Waals surface area contributed by atoms with Crippen LogP contribution in [0.15, 0.2) is 10.9 Å². The SMILES string of the molecule is CCc1nc(NC(CO)C(C)C)cc(=O)[nH]1. The zero-order valence-electron chi connectivity index (χ0n) is 9.95. The largest absolute Gasteiger partial charge is 0.394 e. The molecule has 0 saturated carbocycles. The fraction of sp³-hybridized carbons (Fsp3) is 0.636. The molecule has 3 N–H and O–H groups in total. The number of hydrogen-bond acceptors (Lipinski definition) is 4. The summed E-state index contributed by atoms with van der Waals surface area (Å²) in [6, 6.07) is 1.32. The molecule has 90 valence electrons. The second-order valence-corrected chi connectivity index (χ2v) is 4.11. The van der Waals surface area contributed by atoms with Gasteiger partial charge in [0.2, 0.25) is 0 Å². The summed E-state index contributed by atoms with van der Waals surface area (Å²) in [4.78, 5) is 18.2. The zero-order chi connectivity index (χ0) is 12.1. The number of anilines is 1. The highest BCUT2D eigenvalue weighted by molar-refractivity contribution is 5.34. The maximum absolute atomic E-state index is 11.3. The Labute approximate surface area is 94.9 Å². The van der Waals surface area contributed by atoms with E-state index in [2.05, 4.69) is 15.3 Å². The fourth-order valence-corrected chi connectivity index (χ4v) is 1.36. The first kappa shape index (κ1) is 12.7. The number of aliphatic hydroxyl groups is 1. The van der Waals surface area contributed by atoms with Gasteiger partial charge in [0.15, 0.2) is 0 Å². The van der Waals surface area contributed by atoms with Crippen LogP contribution >= 0.6 is 0 Å². The van der Waals surface area contributed by atoms with Crippen molar-refractivity contribution in [2.24, 2.45) is 5.92 Å². The first-order valence-corrected chi connectivity index (χ1v) is 5.54. The van der Waals surface area contributed by atoms with Crippen molar-refractivity contribution in [1.82, 2.24) is 9.97 Å². The van der Waals surface area contributed by atoms with Crippen molar-refractivity contribution >= 4 is 5.82 Å². The Morgan fingerprint density at radius 3 is 2.75 bits per heavy atom. The molecule has 1 heterocycles. The quantitative estimate of drug-likeness (QED) is 0.691. The van der Waals surface area contributed by atoms with Crippen molar-refractivity contribution in [3.8, 4) is 0 Å². The van der Waals surface area contributed by atoms with E-state index in [0.717, 1.165) is 0 Å². The van der Waals surface area contributed by atoms with Crippen molar-refractivity contribution in [3.63, 3.8) is 0 Å². The lowest BCUT2D eigenvalue weighted by Gasteiger charge is -2.20. The molecule has 1 aromatic heterocycles. The summed E-state index contributed by atoms with van der Waals surface area (Å²) in [5, 5.41) is 12.2. The third-order valence-corrected chi connectivity index (χ3v) is 2.46. The highest BCUT2D eigenvalue weighted by Crippen LogP contribution is 2.08. The van der Waals surface area contributed by atoms with Crippen LogP contribution < -0.4 is 10.9 Å². The summed E-state index contributed by atoms with van der Waals surface area (Å²) in [5.74, 6) is 1.44. The Bertz CT molecular complexity index is 387. The minimum absolute atomic E-state index is 0.0214. The number of rotatable bonds is 5. The van der Waals surface area contributed by atoms with E-state index >= 15 is 0 Å². The number of hydrogen-bond donors (Lipinski definition) is 3. The van der Waals surface area contributed by atoms with Gasteiger partial charge in [-0.2, -0.15) is 0 Å². The topological polar surface area (TPSA) is 78.0 Å². The van der Waals surface area contributed by atoms with E-state index in [1.807, 2.05) is 20.8 Å². The molecule has 0 bridgehead atoms. The third-order valence-electron chi connectivity index (χ3n) is 2.46. The van der Waals surface area contributed by atoms with Crippen LogP contribution in [0, 0.1) is 5.92 Å². The van der Waals surface area contributed by atoms with Crippen molar-refractivity contribution in [3.05, 3.63) is 22.2 Å². The van der Waals surface area contributed by atoms with Gasteiger partial charge in [-0.05, 0) is 5.92 Å². The van der Waals surface area contributed by atoms with Crippen LogP contribution in [0.5, 0.6) is 0 Å². The Hall–Kier alpha value is -1.36. The van der Waals surface area contributed by atoms with Crippen molar-refractivity contribution in [2.75, 3.05) is 11.9 Å². The van der Waals surface area contributed by atoms with Crippen molar-refractivity contribution in [1.29, 1.82) is 0 Å². The molecule has 1 unspecified atom stereocenters. The lowest BCUT2D eigenvalue weighted by molar-refractivity contribution is 0.249. The fourth-order valence-electron chi connectivity index (χ4n) is 1.36. The Morgan fingerprint density at radius 2 is 2.25 bits per heavy atom. The molecular formula is C11H19N3O2. The summed E-state index contributed by atoms with van der Waals surface area (Å²) in [6.07, 6.45) is 0.677. The molecule has 5 nitrogen and oxygen atoms in total. The monoisotopic (exact) mass is 225 g/mol.